The average molecular weight is 338 g/mol. The maximum Gasteiger partial charge on any atom is 0.258 e. The van der Waals surface area contributed by atoms with Crippen LogP contribution < -0.4 is 14.8 Å². The van der Waals surface area contributed by atoms with Crippen LogP contribution in [0, 0.1) is 5.82 Å². The molecule has 0 aromatic heterocycles. The minimum atomic E-state index is -0.577. The Morgan fingerprint density at radius 2 is 1.95 bits per heavy atom. The first-order valence-electron chi connectivity index (χ1n) is 5.79. The lowest BCUT2D eigenvalue weighted by molar-refractivity contribution is 0.102. The number of ether oxygens (including phenoxy) is 2. The van der Waals surface area contributed by atoms with Crippen LogP contribution >= 0.6 is 15.9 Å². The lowest BCUT2D eigenvalue weighted by atomic mass is 10.2. The zero-order chi connectivity index (χ0) is 14.1. The molecule has 0 fully saturated rings. The highest BCUT2D eigenvalue weighted by Crippen LogP contribution is 2.34. The van der Waals surface area contributed by atoms with Crippen LogP contribution in [0.25, 0.3) is 0 Å². The molecule has 2 aromatic carbocycles. The van der Waals surface area contributed by atoms with Crippen LogP contribution in [0.5, 0.6) is 11.5 Å². The minimum Gasteiger partial charge on any atom is -0.454 e. The number of nitrogens with one attached hydrogen (secondary N) is 1. The van der Waals surface area contributed by atoms with Crippen molar-refractivity contribution in [3.05, 3.63) is 52.3 Å². The normalized spacial score (nSPS) is 12.3. The molecule has 102 valence electrons. The van der Waals surface area contributed by atoms with E-state index in [0.29, 0.717) is 21.7 Å². The summed E-state index contributed by atoms with van der Waals surface area (Å²) in [4.78, 5) is 12.0. The van der Waals surface area contributed by atoms with Gasteiger partial charge in [0.05, 0.1) is 5.56 Å². The number of benzene rings is 2. The van der Waals surface area contributed by atoms with Gasteiger partial charge in [-0.05, 0) is 30.3 Å². The number of anilines is 1. The summed E-state index contributed by atoms with van der Waals surface area (Å²) < 4.78 is 24.6. The second kappa shape index (κ2) is 5.13. The zero-order valence-corrected chi connectivity index (χ0v) is 11.7. The summed E-state index contributed by atoms with van der Waals surface area (Å²) in [6.07, 6.45) is 0. The summed E-state index contributed by atoms with van der Waals surface area (Å²) in [5.41, 5.74) is 0.482. The molecule has 1 aliphatic heterocycles. The lowest BCUT2D eigenvalue weighted by Crippen LogP contribution is -2.13. The molecular weight excluding hydrogens is 329 g/mol. The van der Waals surface area contributed by atoms with Crippen LogP contribution in [-0.2, 0) is 0 Å². The molecule has 1 aliphatic rings. The van der Waals surface area contributed by atoms with E-state index in [0.717, 1.165) is 0 Å². The van der Waals surface area contributed by atoms with Crippen LogP contribution in [0.15, 0.2) is 40.9 Å². The lowest BCUT2D eigenvalue weighted by Gasteiger charge is -2.07. The van der Waals surface area contributed by atoms with E-state index in [2.05, 4.69) is 21.2 Å². The van der Waals surface area contributed by atoms with E-state index >= 15 is 0 Å². The van der Waals surface area contributed by atoms with Gasteiger partial charge in [0.2, 0.25) is 6.79 Å². The van der Waals surface area contributed by atoms with Gasteiger partial charge in [-0.15, -0.1) is 0 Å². The Morgan fingerprint density at radius 3 is 2.80 bits per heavy atom. The van der Waals surface area contributed by atoms with Gasteiger partial charge in [-0.2, -0.15) is 0 Å². The minimum absolute atomic E-state index is 0.0305. The Morgan fingerprint density at radius 1 is 1.15 bits per heavy atom. The molecule has 1 amide bonds. The van der Waals surface area contributed by atoms with Crippen LogP contribution in [0.1, 0.15) is 10.4 Å². The number of hydrogen-bond acceptors (Lipinski definition) is 3. The Hall–Kier alpha value is -2.08. The number of carbonyl (C=O) groups is 1. The number of hydrogen-bond donors (Lipinski definition) is 1. The van der Waals surface area contributed by atoms with Crippen molar-refractivity contribution in [3.8, 4) is 11.5 Å². The highest BCUT2D eigenvalue weighted by molar-refractivity contribution is 9.10. The molecule has 0 spiro atoms. The van der Waals surface area contributed by atoms with Gasteiger partial charge in [-0.25, -0.2) is 4.39 Å². The first-order chi connectivity index (χ1) is 9.63. The molecule has 0 aliphatic carbocycles. The van der Waals surface area contributed by atoms with Crippen molar-refractivity contribution in [1.29, 1.82) is 0 Å². The number of fused-ring (bicyclic) bond motifs is 1. The fraction of sp³-hybridized carbons (Fsp3) is 0.0714. The number of rotatable bonds is 2. The van der Waals surface area contributed by atoms with Crippen molar-refractivity contribution >= 4 is 27.5 Å². The number of halogens is 2. The van der Waals surface area contributed by atoms with Gasteiger partial charge in [0.1, 0.15) is 5.82 Å². The molecule has 6 heteroatoms. The van der Waals surface area contributed by atoms with Gasteiger partial charge in [0.25, 0.3) is 5.91 Å². The highest BCUT2D eigenvalue weighted by Gasteiger charge is 2.16. The molecule has 0 saturated carbocycles. The summed E-state index contributed by atoms with van der Waals surface area (Å²) in [5, 5.41) is 2.62. The van der Waals surface area contributed by atoms with E-state index in [-0.39, 0.29) is 12.4 Å². The molecule has 3 rings (SSSR count). The molecule has 2 aromatic rings. The highest BCUT2D eigenvalue weighted by atomic mass is 79.9. The molecule has 0 atom stereocenters. The van der Waals surface area contributed by atoms with Gasteiger partial charge in [0.15, 0.2) is 11.5 Å². The van der Waals surface area contributed by atoms with Crippen molar-refractivity contribution in [3.63, 3.8) is 0 Å². The van der Waals surface area contributed by atoms with E-state index in [4.69, 9.17) is 9.47 Å². The topological polar surface area (TPSA) is 47.6 Å². The second-order valence-corrected chi connectivity index (χ2v) is 5.06. The summed E-state index contributed by atoms with van der Waals surface area (Å²) in [6, 6.07) is 9.19. The molecule has 0 saturated heterocycles. The summed E-state index contributed by atoms with van der Waals surface area (Å²) in [7, 11) is 0. The maximum absolute atomic E-state index is 13.6. The van der Waals surface area contributed by atoms with Gasteiger partial charge in [0, 0.05) is 16.2 Å². The van der Waals surface area contributed by atoms with Crippen molar-refractivity contribution in [2.45, 2.75) is 0 Å². The third kappa shape index (κ3) is 2.46. The summed E-state index contributed by atoms with van der Waals surface area (Å²) in [6.45, 7) is 0.160. The molecule has 4 nitrogen and oxygen atoms in total. The van der Waals surface area contributed by atoms with Crippen molar-refractivity contribution < 1.29 is 18.7 Å². The molecule has 1 heterocycles. The molecular formula is C14H9BrFNO3. The van der Waals surface area contributed by atoms with E-state index in [1.54, 1.807) is 18.2 Å². The maximum atomic E-state index is 13.6. The Labute approximate surface area is 122 Å². The molecule has 0 unspecified atom stereocenters. The second-order valence-electron chi connectivity index (χ2n) is 4.15. The van der Waals surface area contributed by atoms with Crippen LogP contribution in [0.3, 0.4) is 0 Å². The Balaban J connectivity index is 1.84. The first-order valence-corrected chi connectivity index (χ1v) is 6.59. The predicted molar refractivity (Wildman–Crippen MR) is 74.6 cm³/mol. The van der Waals surface area contributed by atoms with Crippen LogP contribution in [-0.4, -0.2) is 12.7 Å². The third-order valence-corrected chi connectivity index (χ3v) is 3.30. The quantitative estimate of drug-likeness (QED) is 0.911. The summed E-state index contributed by atoms with van der Waals surface area (Å²) >= 11 is 3.21. The Bertz CT molecular complexity index is 690. The predicted octanol–water partition coefficient (Wildman–Crippen LogP) is 3.57. The molecule has 20 heavy (non-hydrogen) atoms. The molecule has 0 bridgehead atoms. The van der Waals surface area contributed by atoms with Gasteiger partial charge in [-0.1, -0.05) is 15.9 Å². The standard InChI is InChI=1S/C14H9BrFNO3/c15-8-1-3-11(16)10(5-8)14(18)17-9-2-4-12-13(6-9)20-7-19-12/h1-6H,7H2,(H,17,18). The van der Waals surface area contributed by atoms with E-state index in [1.807, 2.05) is 0 Å². The SMILES string of the molecule is O=C(Nc1ccc2c(c1)OCO2)c1cc(Br)ccc1F. The molecule has 1 N–H and O–H groups in total. The average Bonchev–Trinajstić information content (AvgIpc) is 2.89. The van der Waals surface area contributed by atoms with E-state index in [9.17, 15) is 9.18 Å². The van der Waals surface area contributed by atoms with Crippen LogP contribution in [0.2, 0.25) is 0 Å². The van der Waals surface area contributed by atoms with Crippen molar-refractivity contribution in [2.24, 2.45) is 0 Å². The van der Waals surface area contributed by atoms with Gasteiger partial charge < -0.3 is 14.8 Å². The van der Waals surface area contributed by atoms with Crippen molar-refractivity contribution in [1.82, 2.24) is 0 Å². The van der Waals surface area contributed by atoms with E-state index in [1.165, 1.54) is 18.2 Å². The van der Waals surface area contributed by atoms with Crippen LogP contribution in [0.4, 0.5) is 10.1 Å². The van der Waals surface area contributed by atoms with Gasteiger partial charge in [-0.3, -0.25) is 4.79 Å². The zero-order valence-electron chi connectivity index (χ0n) is 10.2. The molecule has 0 radical (unpaired) electrons. The first kappa shape index (κ1) is 12.9. The number of carbonyl (C=O) groups excluding carboxylic acids is 1. The largest absolute Gasteiger partial charge is 0.454 e. The third-order valence-electron chi connectivity index (χ3n) is 2.80. The van der Waals surface area contributed by atoms with E-state index < -0.39 is 11.7 Å². The smallest absolute Gasteiger partial charge is 0.258 e. The van der Waals surface area contributed by atoms with Gasteiger partial charge >= 0.3 is 0 Å². The monoisotopic (exact) mass is 337 g/mol. The summed E-state index contributed by atoms with van der Waals surface area (Å²) in [5.74, 6) is 0.0725. The fourth-order valence-electron chi connectivity index (χ4n) is 1.84. The fourth-order valence-corrected chi connectivity index (χ4v) is 2.21. The Kier molecular flexibility index (Phi) is 3.31. The number of amides is 1. The van der Waals surface area contributed by atoms with Crippen molar-refractivity contribution in [2.75, 3.05) is 12.1 Å².